The Labute approximate surface area is 180 Å². The minimum atomic E-state index is -0.601. The predicted molar refractivity (Wildman–Crippen MR) is 112 cm³/mol. The summed E-state index contributed by atoms with van der Waals surface area (Å²) in [5, 5.41) is 8.79. The van der Waals surface area contributed by atoms with E-state index in [4.69, 9.17) is 19.5 Å². The Hall–Kier alpha value is -3.60. The van der Waals surface area contributed by atoms with E-state index in [2.05, 4.69) is 0 Å². The van der Waals surface area contributed by atoms with Gasteiger partial charge in [0.15, 0.2) is 18.1 Å². The van der Waals surface area contributed by atoms with Crippen molar-refractivity contribution in [2.24, 2.45) is 0 Å². The summed E-state index contributed by atoms with van der Waals surface area (Å²) in [6.45, 7) is 2.13. The Morgan fingerprint density at radius 2 is 1.74 bits per heavy atom. The lowest BCUT2D eigenvalue weighted by Gasteiger charge is -2.22. The molecule has 0 aliphatic heterocycles. The van der Waals surface area contributed by atoms with Crippen LogP contribution in [-0.4, -0.2) is 38.2 Å². The molecule has 0 spiro atoms. The van der Waals surface area contributed by atoms with Gasteiger partial charge in [-0.25, -0.2) is 4.39 Å². The number of carbonyl (C=O) groups excluding carboxylic acids is 2. The summed E-state index contributed by atoms with van der Waals surface area (Å²) in [4.78, 5) is 25.5. The molecule has 164 valence electrons. The number of amides is 1. The highest BCUT2D eigenvalue weighted by Crippen LogP contribution is 2.26. The first-order valence-electron chi connectivity index (χ1n) is 9.99. The Balaban J connectivity index is 1.79. The van der Waals surface area contributed by atoms with E-state index in [1.165, 1.54) is 18.2 Å². The second kappa shape index (κ2) is 12.9. The van der Waals surface area contributed by atoms with Gasteiger partial charge < -0.3 is 19.1 Å². The molecule has 1 amide bonds. The van der Waals surface area contributed by atoms with Crippen molar-refractivity contribution in [2.45, 2.75) is 26.2 Å². The van der Waals surface area contributed by atoms with E-state index >= 15 is 0 Å². The summed E-state index contributed by atoms with van der Waals surface area (Å²) in [5.74, 6) is -0.543. The van der Waals surface area contributed by atoms with Gasteiger partial charge in [0.25, 0.3) is 5.91 Å². The molecule has 0 heterocycles. The van der Waals surface area contributed by atoms with Gasteiger partial charge in [0.2, 0.25) is 0 Å². The molecule has 0 aliphatic carbocycles. The molecule has 2 rings (SSSR count). The molecule has 2 aromatic rings. The zero-order valence-corrected chi connectivity index (χ0v) is 17.4. The van der Waals surface area contributed by atoms with E-state index in [-0.39, 0.29) is 31.7 Å². The van der Waals surface area contributed by atoms with Crippen molar-refractivity contribution in [3.8, 4) is 17.6 Å². The van der Waals surface area contributed by atoms with Crippen LogP contribution in [0.4, 0.5) is 10.1 Å². The van der Waals surface area contributed by atoms with Crippen LogP contribution in [0.2, 0.25) is 0 Å². The van der Waals surface area contributed by atoms with Crippen LogP contribution in [0.15, 0.2) is 48.5 Å². The average molecular weight is 428 g/mol. The molecule has 0 unspecified atom stereocenters. The van der Waals surface area contributed by atoms with Crippen LogP contribution in [0.25, 0.3) is 0 Å². The first-order valence-corrected chi connectivity index (χ1v) is 9.99. The summed E-state index contributed by atoms with van der Waals surface area (Å²) in [5.41, 5.74) is 0.0418. The average Bonchev–Trinajstić information content (AvgIpc) is 2.78. The maximum absolute atomic E-state index is 14.0. The Bertz CT molecular complexity index is 913. The van der Waals surface area contributed by atoms with E-state index < -0.39 is 24.3 Å². The molecule has 0 fully saturated rings. The standard InChI is InChI=1S/C23H25FN2O5/c1-2-29-20-11-5-6-12-21(20)30-16-7-13-23(28)31-17-22(27)26(15-8-14-25)19-10-4-3-9-18(19)24/h3-6,9-12H,2,7-8,13,15-17H2,1H3. The Morgan fingerprint density at radius 3 is 2.42 bits per heavy atom. The SMILES string of the molecule is CCOc1ccccc1OCCCC(=O)OCC(=O)N(CCC#N)c1ccccc1F. The third-order valence-electron chi connectivity index (χ3n) is 4.18. The molecule has 0 saturated heterocycles. The molecular formula is C23H25FN2O5. The number of hydrogen-bond acceptors (Lipinski definition) is 6. The molecule has 8 heteroatoms. The fourth-order valence-corrected chi connectivity index (χ4v) is 2.75. The number of benzene rings is 2. The minimum Gasteiger partial charge on any atom is -0.490 e. The van der Waals surface area contributed by atoms with Crippen molar-refractivity contribution in [3.05, 3.63) is 54.3 Å². The van der Waals surface area contributed by atoms with Gasteiger partial charge in [-0.1, -0.05) is 24.3 Å². The van der Waals surface area contributed by atoms with Crippen LogP contribution in [0.5, 0.6) is 11.5 Å². The third kappa shape index (κ3) is 7.63. The summed E-state index contributed by atoms with van der Waals surface area (Å²) < 4.78 is 30.2. The first-order chi connectivity index (χ1) is 15.1. The molecule has 0 aliphatic rings. The van der Waals surface area contributed by atoms with Gasteiger partial charge in [-0.05, 0) is 37.6 Å². The van der Waals surface area contributed by atoms with Gasteiger partial charge in [0, 0.05) is 13.0 Å². The lowest BCUT2D eigenvalue weighted by molar-refractivity contribution is -0.148. The van der Waals surface area contributed by atoms with Gasteiger partial charge in [-0.15, -0.1) is 0 Å². The number of halogens is 1. The number of nitriles is 1. The molecule has 0 aromatic heterocycles. The van der Waals surface area contributed by atoms with Crippen molar-refractivity contribution >= 4 is 17.6 Å². The maximum atomic E-state index is 14.0. The van der Waals surface area contributed by atoms with Gasteiger partial charge >= 0.3 is 5.97 Å². The van der Waals surface area contributed by atoms with Crippen LogP contribution >= 0.6 is 0 Å². The van der Waals surface area contributed by atoms with Gasteiger partial charge in [-0.2, -0.15) is 5.26 Å². The van der Waals surface area contributed by atoms with E-state index in [0.717, 1.165) is 4.90 Å². The molecule has 0 radical (unpaired) electrons. The molecule has 0 N–H and O–H groups in total. The van der Waals surface area contributed by atoms with Gasteiger partial charge in [0.1, 0.15) is 5.82 Å². The number of anilines is 1. The zero-order chi connectivity index (χ0) is 22.5. The molecule has 31 heavy (non-hydrogen) atoms. The number of ether oxygens (including phenoxy) is 3. The van der Waals surface area contributed by atoms with Crippen molar-refractivity contribution < 1.29 is 28.2 Å². The van der Waals surface area contributed by atoms with Crippen molar-refractivity contribution in [2.75, 3.05) is 31.3 Å². The highest BCUT2D eigenvalue weighted by molar-refractivity contribution is 5.95. The lowest BCUT2D eigenvalue weighted by atomic mass is 10.2. The first kappa shape index (κ1) is 23.7. The summed E-state index contributed by atoms with van der Waals surface area (Å²) in [6, 6.07) is 14.9. The van der Waals surface area contributed by atoms with Crippen LogP contribution in [0.3, 0.4) is 0 Å². The Morgan fingerprint density at radius 1 is 1.06 bits per heavy atom. The van der Waals surface area contributed by atoms with Gasteiger partial charge in [-0.3, -0.25) is 9.59 Å². The van der Waals surface area contributed by atoms with Crippen molar-refractivity contribution in [1.29, 1.82) is 5.26 Å². The topological polar surface area (TPSA) is 88.9 Å². The fourth-order valence-electron chi connectivity index (χ4n) is 2.75. The Kier molecular flexibility index (Phi) is 9.82. The fraction of sp³-hybridized carbons (Fsp3) is 0.348. The largest absolute Gasteiger partial charge is 0.490 e. The molecule has 0 bridgehead atoms. The third-order valence-corrected chi connectivity index (χ3v) is 4.18. The molecular weight excluding hydrogens is 403 g/mol. The van der Waals surface area contributed by atoms with E-state index in [1.54, 1.807) is 18.2 Å². The molecule has 2 aromatic carbocycles. The van der Waals surface area contributed by atoms with Crippen LogP contribution in [0.1, 0.15) is 26.2 Å². The second-order valence-corrected chi connectivity index (χ2v) is 6.40. The van der Waals surface area contributed by atoms with E-state index in [1.807, 2.05) is 25.1 Å². The van der Waals surface area contributed by atoms with Crippen LogP contribution < -0.4 is 14.4 Å². The number of hydrogen-bond donors (Lipinski definition) is 0. The summed E-state index contributed by atoms with van der Waals surface area (Å²) in [6.07, 6.45) is 0.468. The van der Waals surface area contributed by atoms with E-state index in [9.17, 15) is 14.0 Å². The zero-order valence-electron chi connectivity index (χ0n) is 17.4. The van der Waals surface area contributed by atoms with E-state index in [0.29, 0.717) is 24.5 Å². The minimum absolute atomic E-state index is 0.000890. The molecule has 7 nitrogen and oxygen atoms in total. The quantitative estimate of drug-likeness (QED) is 0.377. The van der Waals surface area contributed by atoms with Crippen molar-refractivity contribution in [3.63, 3.8) is 0 Å². The maximum Gasteiger partial charge on any atom is 0.306 e. The molecule has 0 saturated carbocycles. The number of para-hydroxylation sites is 3. The van der Waals surface area contributed by atoms with Crippen LogP contribution in [-0.2, 0) is 14.3 Å². The second-order valence-electron chi connectivity index (χ2n) is 6.40. The highest BCUT2D eigenvalue weighted by atomic mass is 19.1. The van der Waals surface area contributed by atoms with Crippen molar-refractivity contribution in [1.82, 2.24) is 0 Å². The van der Waals surface area contributed by atoms with Gasteiger partial charge in [0.05, 0.1) is 31.4 Å². The number of nitrogens with zero attached hydrogens (tertiary/aromatic N) is 2. The normalized spacial score (nSPS) is 10.1. The number of rotatable bonds is 12. The molecule has 0 atom stereocenters. The number of carbonyl (C=O) groups is 2. The predicted octanol–water partition coefficient (Wildman–Crippen LogP) is 3.87. The number of esters is 1. The van der Waals surface area contributed by atoms with Crippen LogP contribution in [0, 0.1) is 17.1 Å². The highest BCUT2D eigenvalue weighted by Gasteiger charge is 2.20. The summed E-state index contributed by atoms with van der Waals surface area (Å²) in [7, 11) is 0. The summed E-state index contributed by atoms with van der Waals surface area (Å²) >= 11 is 0. The smallest absolute Gasteiger partial charge is 0.306 e. The monoisotopic (exact) mass is 428 g/mol. The lowest BCUT2D eigenvalue weighted by Crippen LogP contribution is -2.36.